The SMILES string of the molecule is CC/C=C\C/C=C\C/C=C\C/C=C\CCCCCCCCCCCCCCCCCCCCCCCCCCC(=O)OC(COC(=O)CCCCCCC/C=C\CCCCCCCC)COC(OCC[N+](C)(C)C)C(=O)O. The number of allylic oxidation sites excluding steroid dienone is 10. The number of quaternary nitrogens is 1. The number of ether oxygens (including phenoxy) is 4. The zero-order chi connectivity index (χ0) is 56.2. The fraction of sp³-hybridized carbons (Fsp3) is 0.809. The van der Waals surface area contributed by atoms with Crippen LogP contribution in [0.15, 0.2) is 60.8 Å². The second-order valence-electron chi connectivity index (χ2n) is 23.0. The number of nitrogens with zero attached hydrogens (tertiary/aromatic N) is 1. The van der Waals surface area contributed by atoms with Gasteiger partial charge in [0, 0.05) is 12.8 Å². The van der Waals surface area contributed by atoms with Gasteiger partial charge in [-0.15, -0.1) is 0 Å². The van der Waals surface area contributed by atoms with Gasteiger partial charge in [-0.3, -0.25) is 9.59 Å². The summed E-state index contributed by atoms with van der Waals surface area (Å²) in [6, 6.07) is 0. The summed E-state index contributed by atoms with van der Waals surface area (Å²) < 4.78 is 22.9. The molecule has 0 aliphatic carbocycles. The van der Waals surface area contributed by atoms with Gasteiger partial charge in [0.1, 0.15) is 13.2 Å². The molecule has 77 heavy (non-hydrogen) atoms. The van der Waals surface area contributed by atoms with Crippen molar-refractivity contribution in [2.75, 3.05) is 47.5 Å². The lowest BCUT2D eigenvalue weighted by Gasteiger charge is -2.25. The molecule has 0 saturated carbocycles. The third kappa shape index (κ3) is 60.5. The van der Waals surface area contributed by atoms with Gasteiger partial charge in [0.25, 0.3) is 6.29 Å². The molecule has 0 spiro atoms. The molecule has 0 aromatic rings. The predicted molar refractivity (Wildman–Crippen MR) is 327 cm³/mol. The number of likely N-dealkylation sites (N-methyl/N-ethyl adjacent to an activating group) is 1. The molecule has 0 aromatic carbocycles. The van der Waals surface area contributed by atoms with E-state index in [1.54, 1.807) is 0 Å². The highest BCUT2D eigenvalue weighted by molar-refractivity contribution is 5.71. The lowest BCUT2D eigenvalue weighted by atomic mass is 10.0. The van der Waals surface area contributed by atoms with Crippen molar-refractivity contribution < 1.29 is 42.9 Å². The van der Waals surface area contributed by atoms with Gasteiger partial charge in [-0.1, -0.05) is 267 Å². The van der Waals surface area contributed by atoms with Crippen molar-refractivity contribution in [3.05, 3.63) is 60.8 Å². The first-order valence-electron chi connectivity index (χ1n) is 32.5. The van der Waals surface area contributed by atoms with Gasteiger partial charge < -0.3 is 28.5 Å². The van der Waals surface area contributed by atoms with Crippen LogP contribution in [0.4, 0.5) is 0 Å². The fourth-order valence-electron chi connectivity index (χ4n) is 9.30. The number of rotatable bonds is 60. The molecule has 448 valence electrons. The summed E-state index contributed by atoms with van der Waals surface area (Å²) >= 11 is 0. The van der Waals surface area contributed by atoms with Crippen LogP contribution in [-0.4, -0.2) is 87.4 Å². The minimum atomic E-state index is -1.51. The van der Waals surface area contributed by atoms with Crippen LogP contribution in [0, 0.1) is 0 Å². The number of hydrogen-bond acceptors (Lipinski definition) is 7. The van der Waals surface area contributed by atoms with E-state index < -0.39 is 24.3 Å². The lowest BCUT2D eigenvalue weighted by molar-refractivity contribution is -0.870. The number of unbranched alkanes of at least 4 members (excludes halogenated alkanes) is 35. The normalized spacial score (nSPS) is 13.1. The van der Waals surface area contributed by atoms with Crippen LogP contribution in [0.3, 0.4) is 0 Å². The van der Waals surface area contributed by atoms with Gasteiger partial charge in [0.2, 0.25) is 0 Å². The molecule has 0 saturated heterocycles. The number of aliphatic carboxylic acids is 1. The fourth-order valence-corrected chi connectivity index (χ4v) is 9.30. The van der Waals surface area contributed by atoms with Crippen LogP contribution in [0.5, 0.6) is 0 Å². The van der Waals surface area contributed by atoms with Gasteiger partial charge in [-0.2, -0.15) is 0 Å². The standard InChI is InChI=1S/C68H123NO8/c1-6-8-10-12-14-16-18-20-22-23-24-25-26-27-28-29-30-31-32-33-34-35-36-37-38-39-40-41-42-43-45-47-49-51-53-55-57-59-66(71)77-64(63-76-68(67(72)73)74-61-60-69(3,4)5)62-75-65(70)58-56-54-52-50-48-46-44-21-19-17-15-13-11-9-7-2/h8,10,14,16,20-22,24-25,44,64,68H,6-7,9,11-13,15,17-19,23,26-43,45-63H2,1-5H3/p+1/b10-8-,16-14-,22-20-,25-24-,44-21-. The monoisotopic (exact) mass is 1080 g/mol. The van der Waals surface area contributed by atoms with Gasteiger partial charge >= 0.3 is 17.9 Å². The van der Waals surface area contributed by atoms with Crippen LogP contribution in [0.1, 0.15) is 296 Å². The second kappa shape index (κ2) is 59.1. The Labute approximate surface area is 475 Å². The van der Waals surface area contributed by atoms with Crippen molar-refractivity contribution in [2.45, 2.75) is 309 Å². The number of carbonyl (C=O) groups excluding carboxylic acids is 2. The van der Waals surface area contributed by atoms with E-state index in [9.17, 15) is 19.5 Å². The molecule has 0 amide bonds. The van der Waals surface area contributed by atoms with Gasteiger partial charge in [-0.05, 0) is 77.0 Å². The van der Waals surface area contributed by atoms with Crippen LogP contribution in [0.2, 0.25) is 0 Å². The maximum absolute atomic E-state index is 12.9. The van der Waals surface area contributed by atoms with E-state index in [1.807, 2.05) is 21.1 Å². The molecule has 0 radical (unpaired) electrons. The highest BCUT2D eigenvalue weighted by Gasteiger charge is 2.25. The molecule has 0 aromatic heterocycles. The summed E-state index contributed by atoms with van der Waals surface area (Å²) in [5.74, 6) is -2.00. The van der Waals surface area contributed by atoms with Crippen molar-refractivity contribution in [2.24, 2.45) is 0 Å². The lowest BCUT2D eigenvalue weighted by Crippen LogP contribution is -2.40. The van der Waals surface area contributed by atoms with E-state index in [-0.39, 0.29) is 32.2 Å². The molecule has 1 N–H and O–H groups in total. The minimum absolute atomic E-state index is 0.183. The predicted octanol–water partition coefficient (Wildman–Crippen LogP) is 19.6. The van der Waals surface area contributed by atoms with Crippen LogP contribution >= 0.6 is 0 Å². The summed E-state index contributed by atoms with van der Waals surface area (Å²) in [7, 11) is 5.97. The average molecular weight is 1080 g/mol. The Balaban J connectivity index is 3.99. The van der Waals surface area contributed by atoms with Crippen LogP contribution < -0.4 is 0 Å². The minimum Gasteiger partial charge on any atom is -0.477 e. The average Bonchev–Trinajstić information content (AvgIpc) is 3.40. The summed E-state index contributed by atoms with van der Waals surface area (Å²) in [5.41, 5.74) is 0. The molecular formula is C68H124NO8+. The van der Waals surface area contributed by atoms with E-state index >= 15 is 0 Å². The molecule has 0 aliphatic heterocycles. The number of carbonyl (C=O) groups is 3. The molecular weight excluding hydrogens is 959 g/mol. The van der Waals surface area contributed by atoms with Crippen molar-refractivity contribution in [1.29, 1.82) is 0 Å². The zero-order valence-corrected chi connectivity index (χ0v) is 51.1. The van der Waals surface area contributed by atoms with E-state index in [0.29, 0.717) is 17.4 Å². The van der Waals surface area contributed by atoms with E-state index in [1.165, 1.54) is 193 Å². The quantitative estimate of drug-likeness (QED) is 0.0211. The molecule has 0 aliphatic rings. The van der Waals surface area contributed by atoms with E-state index in [0.717, 1.165) is 77.0 Å². The topological polar surface area (TPSA) is 108 Å². The Morgan fingerprint density at radius 3 is 1.12 bits per heavy atom. The first-order valence-corrected chi connectivity index (χ1v) is 32.5. The Hall–Kier alpha value is -3.01. The molecule has 0 fully saturated rings. The molecule has 0 bridgehead atoms. The largest absolute Gasteiger partial charge is 0.477 e. The van der Waals surface area contributed by atoms with E-state index in [4.69, 9.17) is 18.9 Å². The molecule has 9 nitrogen and oxygen atoms in total. The van der Waals surface area contributed by atoms with Crippen molar-refractivity contribution >= 4 is 17.9 Å². The first-order chi connectivity index (χ1) is 37.6. The molecule has 2 atom stereocenters. The third-order valence-electron chi connectivity index (χ3n) is 14.3. The van der Waals surface area contributed by atoms with Crippen LogP contribution in [-0.2, 0) is 33.3 Å². The van der Waals surface area contributed by atoms with Gasteiger partial charge in [0.05, 0.1) is 34.4 Å². The highest BCUT2D eigenvalue weighted by atomic mass is 16.7. The number of carboxylic acids is 1. The highest BCUT2D eigenvalue weighted by Crippen LogP contribution is 2.18. The first kappa shape index (κ1) is 74.0. The molecule has 0 rings (SSSR count). The van der Waals surface area contributed by atoms with Gasteiger partial charge in [0.15, 0.2) is 6.10 Å². The Kier molecular flexibility index (Phi) is 56.8. The van der Waals surface area contributed by atoms with Gasteiger partial charge in [-0.25, -0.2) is 4.79 Å². The number of carboxylic acid groups (broad SMARTS) is 1. The summed E-state index contributed by atoms with van der Waals surface area (Å²) in [5, 5.41) is 9.71. The smallest absolute Gasteiger partial charge is 0.361 e. The Morgan fingerprint density at radius 2 is 0.740 bits per heavy atom. The van der Waals surface area contributed by atoms with Crippen LogP contribution in [0.25, 0.3) is 0 Å². The van der Waals surface area contributed by atoms with Crippen molar-refractivity contribution in [3.63, 3.8) is 0 Å². The van der Waals surface area contributed by atoms with Crippen molar-refractivity contribution in [1.82, 2.24) is 0 Å². The summed E-state index contributed by atoms with van der Waals surface area (Å²) in [6.07, 6.45) is 73.4. The number of esters is 2. The van der Waals surface area contributed by atoms with E-state index in [2.05, 4.69) is 74.6 Å². The van der Waals surface area contributed by atoms with Crippen molar-refractivity contribution in [3.8, 4) is 0 Å². The maximum atomic E-state index is 12.9. The zero-order valence-electron chi connectivity index (χ0n) is 51.1. The summed E-state index contributed by atoms with van der Waals surface area (Å²) in [4.78, 5) is 37.4. The molecule has 9 heteroatoms. The number of hydrogen-bond donors (Lipinski definition) is 1. The Morgan fingerprint density at radius 1 is 0.403 bits per heavy atom. The summed E-state index contributed by atoms with van der Waals surface area (Å²) in [6.45, 7) is 4.78. The Bertz CT molecular complexity index is 1450. The molecule has 2 unspecified atom stereocenters. The second-order valence-corrected chi connectivity index (χ2v) is 23.0. The third-order valence-corrected chi connectivity index (χ3v) is 14.3. The maximum Gasteiger partial charge on any atom is 0.361 e. The molecule has 0 heterocycles.